The fourth-order valence-electron chi connectivity index (χ4n) is 2.75. The molecule has 0 amide bonds. The van der Waals surface area contributed by atoms with Crippen molar-refractivity contribution in [1.29, 1.82) is 0 Å². The Bertz CT molecular complexity index is 1170. The van der Waals surface area contributed by atoms with E-state index in [4.69, 9.17) is 23.2 Å². The summed E-state index contributed by atoms with van der Waals surface area (Å²) in [5.74, 6) is 0. The Kier molecular flexibility index (Phi) is 7.39. The molecule has 0 unspecified atom stereocenters. The van der Waals surface area contributed by atoms with Gasteiger partial charge in [-0.3, -0.25) is 0 Å². The summed E-state index contributed by atoms with van der Waals surface area (Å²) in [4.78, 5) is 2.85. The molecule has 3 aromatic rings. The van der Waals surface area contributed by atoms with Gasteiger partial charge < -0.3 is 5.32 Å². The van der Waals surface area contributed by atoms with Crippen LogP contribution in [0.25, 0.3) is 5.70 Å². The molecule has 0 saturated heterocycles. The molecule has 0 fully saturated rings. The van der Waals surface area contributed by atoms with Crippen LogP contribution in [0.1, 0.15) is 16.7 Å². The minimum absolute atomic E-state index is 0.269. The van der Waals surface area contributed by atoms with Gasteiger partial charge in [0.25, 0.3) is 0 Å². The van der Waals surface area contributed by atoms with Gasteiger partial charge in [-0.05, 0) is 54.1 Å². The van der Waals surface area contributed by atoms with Gasteiger partial charge in [0.05, 0.1) is 26.9 Å². The number of anilines is 1. The molecule has 3 rings (SSSR count). The van der Waals surface area contributed by atoms with E-state index in [-0.39, 0.29) is 5.02 Å². The lowest BCUT2D eigenvalue weighted by Crippen LogP contribution is -2.61. The summed E-state index contributed by atoms with van der Waals surface area (Å²) in [6.07, 6.45) is -5.86. The maximum atomic E-state index is 12.8. The molecule has 0 aliphatic carbocycles. The Morgan fingerprint density at radius 2 is 1.27 bits per heavy atom. The fraction of sp³-hybridized carbons (Fsp3) is 0.0870. The Labute approximate surface area is 195 Å². The van der Waals surface area contributed by atoms with E-state index >= 15 is 0 Å². The minimum atomic E-state index is -4.46. The Balaban J connectivity index is 1.89. The molecule has 0 aliphatic rings. The van der Waals surface area contributed by atoms with Gasteiger partial charge in [0.2, 0.25) is 5.69 Å². The second-order valence-electron chi connectivity index (χ2n) is 6.80. The highest BCUT2D eigenvalue weighted by Gasteiger charge is 2.30. The molecule has 0 spiro atoms. The molecule has 2 nitrogen and oxygen atoms in total. The summed E-state index contributed by atoms with van der Waals surface area (Å²) in [6, 6.07) is 13.7. The average Bonchev–Trinajstić information content (AvgIpc) is 2.74. The number of halogens is 8. The van der Waals surface area contributed by atoms with Crippen LogP contribution in [0.15, 0.2) is 72.8 Å². The molecule has 2 N–H and O–H groups in total. The molecule has 3 aromatic carbocycles. The van der Waals surface area contributed by atoms with Crippen LogP contribution >= 0.6 is 23.2 Å². The summed E-state index contributed by atoms with van der Waals surface area (Å²) < 4.78 is 76.5. The first-order valence-electron chi connectivity index (χ1n) is 9.30. The molecule has 0 bridgehead atoms. The van der Waals surface area contributed by atoms with Crippen molar-refractivity contribution in [3.05, 3.63) is 99.5 Å². The molecule has 33 heavy (non-hydrogen) atoms. The van der Waals surface area contributed by atoms with Crippen molar-refractivity contribution in [2.24, 2.45) is 0 Å². The van der Waals surface area contributed by atoms with E-state index in [1.807, 2.05) is 0 Å². The van der Waals surface area contributed by atoms with Crippen molar-refractivity contribution in [2.75, 3.05) is 5.32 Å². The number of hydrogen-bond acceptors (Lipinski definition) is 1. The molecule has 0 aliphatic heterocycles. The van der Waals surface area contributed by atoms with Crippen molar-refractivity contribution in [3.8, 4) is 0 Å². The minimum Gasteiger partial charge on any atom is -0.355 e. The van der Waals surface area contributed by atoms with Crippen LogP contribution in [0, 0.1) is 0 Å². The molecule has 0 saturated carbocycles. The second kappa shape index (κ2) is 9.89. The highest BCUT2D eigenvalue weighted by molar-refractivity contribution is 6.42. The highest BCUT2D eigenvalue weighted by atomic mass is 35.5. The lowest BCUT2D eigenvalue weighted by Gasteiger charge is -2.13. The first-order valence-corrected chi connectivity index (χ1v) is 10.1. The highest BCUT2D eigenvalue weighted by Crippen LogP contribution is 2.31. The quantitative estimate of drug-likeness (QED) is 0.285. The zero-order chi connectivity index (χ0) is 24.2. The maximum Gasteiger partial charge on any atom is 0.416 e. The topological polar surface area (TPSA) is 26.0 Å². The second-order valence-corrected chi connectivity index (χ2v) is 7.61. The van der Waals surface area contributed by atoms with Crippen LogP contribution in [0.4, 0.5) is 37.7 Å². The van der Waals surface area contributed by atoms with Crippen LogP contribution in [0.2, 0.25) is 10.0 Å². The van der Waals surface area contributed by atoms with Crippen molar-refractivity contribution >= 4 is 46.5 Å². The number of nitrogens with one attached hydrogen (secondary N) is 2. The van der Waals surface area contributed by atoms with Crippen LogP contribution in [0.3, 0.4) is 0 Å². The van der Waals surface area contributed by atoms with Crippen LogP contribution < -0.4 is 10.3 Å². The average molecular weight is 504 g/mol. The molecule has 10 heteroatoms. The molecule has 0 heterocycles. The lowest BCUT2D eigenvalue weighted by molar-refractivity contribution is -0.346. The molecule has 0 atom stereocenters. The smallest absolute Gasteiger partial charge is 0.355 e. The zero-order valence-electron chi connectivity index (χ0n) is 16.5. The van der Waals surface area contributed by atoms with Gasteiger partial charge in [0.15, 0.2) is 6.21 Å². The van der Waals surface area contributed by atoms with Crippen molar-refractivity contribution < 1.29 is 31.3 Å². The SMILES string of the molecule is FC(F)(F)c1ccc(NC(=CC=[NH+]c2ccc(C(F)(F)F)cc2)c2ccc(Cl)c(Cl)c2)cc1. The predicted octanol–water partition coefficient (Wildman–Crippen LogP) is 6.97. The van der Waals surface area contributed by atoms with E-state index in [0.717, 1.165) is 24.3 Å². The summed E-state index contributed by atoms with van der Waals surface area (Å²) in [7, 11) is 0. The Hall–Kier alpha value is -2.97. The third kappa shape index (κ3) is 6.76. The van der Waals surface area contributed by atoms with Crippen LogP contribution in [-0.2, 0) is 12.4 Å². The first kappa shape index (κ1) is 24.7. The van der Waals surface area contributed by atoms with Gasteiger partial charge >= 0.3 is 12.4 Å². The molecule has 0 aromatic heterocycles. The van der Waals surface area contributed by atoms with E-state index < -0.39 is 23.5 Å². The van der Waals surface area contributed by atoms with Gasteiger partial charge in [0.1, 0.15) is 0 Å². The Morgan fingerprint density at radius 1 is 0.727 bits per heavy atom. The normalized spacial score (nSPS) is 12.9. The lowest BCUT2D eigenvalue weighted by atomic mass is 10.1. The summed E-state index contributed by atoms with van der Waals surface area (Å²) in [5.41, 5.74) is 0.251. The van der Waals surface area contributed by atoms with Gasteiger partial charge in [-0.2, -0.15) is 26.3 Å². The van der Waals surface area contributed by atoms with E-state index in [9.17, 15) is 26.3 Å². The van der Waals surface area contributed by atoms with Crippen LogP contribution in [-0.4, -0.2) is 6.21 Å². The van der Waals surface area contributed by atoms with Gasteiger partial charge in [0, 0.05) is 23.9 Å². The van der Waals surface area contributed by atoms with Crippen molar-refractivity contribution in [3.63, 3.8) is 0 Å². The van der Waals surface area contributed by atoms with Crippen molar-refractivity contribution in [2.45, 2.75) is 12.4 Å². The summed E-state index contributed by atoms with van der Waals surface area (Å²) in [5, 5.41) is 3.60. The third-order valence-electron chi connectivity index (χ3n) is 4.43. The number of benzene rings is 3. The van der Waals surface area contributed by atoms with E-state index in [1.165, 1.54) is 30.5 Å². The molecule has 172 valence electrons. The van der Waals surface area contributed by atoms with Gasteiger partial charge in [-0.1, -0.05) is 29.3 Å². The van der Waals surface area contributed by atoms with E-state index in [2.05, 4.69) is 10.3 Å². The van der Waals surface area contributed by atoms with Gasteiger partial charge in [-0.25, -0.2) is 4.99 Å². The third-order valence-corrected chi connectivity index (χ3v) is 5.17. The van der Waals surface area contributed by atoms with Gasteiger partial charge in [-0.15, -0.1) is 0 Å². The maximum absolute atomic E-state index is 12.8. The molecular weight excluding hydrogens is 489 g/mol. The zero-order valence-corrected chi connectivity index (χ0v) is 18.0. The first-order chi connectivity index (χ1) is 15.4. The largest absolute Gasteiger partial charge is 0.416 e. The predicted molar refractivity (Wildman–Crippen MR) is 118 cm³/mol. The summed E-state index contributed by atoms with van der Waals surface area (Å²) in [6.45, 7) is 0. The molecule has 0 radical (unpaired) electrons. The Morgan fingerprint density at radius 3 is 1.79 bits per heavy atom. The number of hydrogen-bond donors (Lipinski definition) is 2. The standard InChI is InChI=1S/C23H14Cl2F6N2/c24-19-10-1-14(13-20(19)25)21(33-18-8-4-16(5-9-18)23(29,30)31)11-12-32-17-6-2-15(3-7-17)22(26,27)28/h1-13,33H/p+1. The van der Waals surface area contributed by atoms with Crippen molar-refractivity contribution in [1.82, 2.24) is 0 Å². The number of rotatable bonds is 5. The number of allylic oxidation sites excluding steroid dienone is 1. The van der Waals surface area contributed by atoms with E-state index in [1.54, 1.807) is 24.3 Å². The summed E-state index contributed by atoms with van der Waals surface area (Å²) >= 11 is 12.0. The number of alkyl halides is 6. The van der Waals surface area contributed by atoms with E-state index in [0.29, 0.717) is 27.7 Å². The fourth-order valence-corrected chi connectivity index (χ4v) is 3.05. The van der Waals surface area contributed by atoms with Crippen LogP contribution in [0.5, 0.6) is 0 Å². The molecular formula is C23H15Cl2F6N2+. The monoisotopic (exact) mass is 503 g/mol.